The third-order valence-electron chi connectivity index (χ3n) is 8.37. The molecule has 0 fully saturated rings. The molecule has 6 aromatic rings. The Morgan fingerprint density at radius 1 is 0.519 bits per heavy atom. The molecule has 0 saturated carbocycles. The van der Waals surface area contributed by atoms with Crippen LogP contribution in [0.5, 0.6) is 11.5 Å². The molecule has 0 saturated heterocycles. The number of nitrogens with one attached hydrogen (secondary N) is 4. The second-order valence-corrected chi connectivity index (χ2v) is 15.1. The molecule has 17 heteroatoms. The summed E-state index contributed by atoms with van der Waals surface area (Å²) in [6, 6.07) is 21.2. The van der Waals surface area contributed by atoms with Crippen molar-refractivity contribution in [2.75, 3.05) is 10.6 Å². The number of fused-ring (bicyclic) bond motifs is 2. The number of aryl methyl sites for hydroxylation is 2. The molecule has 6 rings (SSSR count). The van der Waals surface area contributed by atoms with E-state index in [2.05, 4.69) is 21.3 Å². The smallest absolute Gasteiger partial charge is 0.328 e. The van der Waals surface area contributed by atoms with Crippen LogP contribution in [0.4, 0.5) is 27.5 Å². The molecule has 15 nitrogen and oxygen atoms in total. The van der Waals surface area contributed by atoms with Gasteiger partial charge in [-0.25, -0.2) is 4.79 Å². The highest BCUT2D eigenvalue weighted by Crippen LogP contribution is 2.34. The van der Waals surface area contributed by atoms with E-state index >= 15 is 0 Å². The fourth-order valence-corrected chi connectivity index (χ4v) is 6.90. The summed E-state index contributed by atoms with van der Waals surface area (Å²) in [5.41, 5.74) is 2.27. The van der Waals surface area contributed by atoms with Crippen molar-refractivity contribution < 1.29 is 50.5 Å². The largest absolute Gasteiger partial charge is 0.508 e. The molecule has 0 spiro atoms. The number of imide groups is 2. The monoisotopic (exact) mass is 770 g/mol. The van der Waals surface area contributed by atoms with Crippen molar-refractivity contribution in [3.63, 3.8) is 0 Å². The van der Waals surface area contributed by atoms with Gasteiger partial charge in [-0.15, -0.1) is 0 Å². The molecule has 0 aromatic heterocycles. The lowest BCUT2D eigenvalue weighted by Crippen LogP contribution is -2.42. The Hall–Kier alpha value is -6.53. The number of benzene rings is 6. The minimum atomic E-state index is -4.56. The minimum Gasteiger partial charge on any atom is -0.508 e. The molecule has 0 bridgehead atoms. The van der Waals surface area contributed by atoms with Crippen LogP contribution in [-0.2, 0) is 20.2 Å². The third kappa shape index (κ3) is 8.08. The zero-order chi connectivity index (χ0) is 39.1. The number of hydrogen-bond acceptors (Lipinski definition) is 11. The maximum absolute atomic E-state index is 13.0. The van der Waals surface area contributed by atoms with E-state index in [-0.39, 0.29) is 43.8 Å². The lowest BCUT2D eigenvalue weighted by molar-refractivity contribution is 0.0944. The summed E-state index contributed by atoms with van der Waals surface area (Å²) >= 11 is 0. The number of phenolic OH excluding ortho intramolecular Hbond substituents is 2. The van der Waals surface area contributed by atoms with Gasteiger partial charge in [0.2, 0.25) is 0 Å². The van der Waals surface area contributed by atoms with Gasteiger partial charge in [0.15, 0.2) is 0 Å². The van der Waals surface area contributed by atoms with Crippen LogP contribution < -0.4 is 21.3 Å². The van der Waals surface area contributed by atoms with Crippen molar-refractivity contribution in [2.45, 2.75) is 23.6 Å². The van der Waals surface area contributed by atoms with Gasteiger partial charge < -0.3 is 20.8 Å². The van der Waals surface area contributed by atoms with Crippen molar-refractivity contribution in [1.29, 1.82) is 0 Å². The first-order valence-electron chi connectivity index (χ1n) is 15.8. The Kier molecular flexibility index (Phi) is 9.74. The summed E-state index contributed by atoms with van der Waals surface area (Å²) in [6.07, 6.45) is 0. The normalized spacial score (nSPS) is 11.6. The molecule has 0 atom stereocenters. The Balaban J connectivity index is 1.14. The van der Waals surface area contributed by atoms with Crippen molar-refractivity contribution >= 4 is 82.4 Å². The number of urea groups is 1. The Morgan fingerprint density at radius 3 is 1.26 bits per heavy atom. The van der Waals surface area contributed by atoms with Gasteiger partial charge in [-0.2, -0.15) is 16.8 Å². The fourth-order valence-electron chi connectivity index (χ4n) is 5.82. The number of carbonyl (C=O) groups is 3. The van der Waals surface area contributed by atoms with E-state index in [0.29, 0.717) is 44.0 Å². The number of carbonyl (C=O) groups excluding carboxylic acids is 3. The maximum Gasteiger partial charge on any atom is 0.328 e. The first kappa shape index (κ1) is 37.2. The van der Waals surface area contributed by atoms with Crippen LogP contribution in [0.15, 0.2) is 107 Å². The van der Waals surface area contributed by atoms with E-state index in [1.54, 1.807) is 26.0 Å². The van der Waals surface area contributed by atoms with Crippen LogP contribution in [0, 0.1) is 13.8 Å². The molecule has 6 aromatic carbocycles. The molecule has 0 aliphatic carbocycles. The van der Waals surface area contributed by atoms with Gasteiger partial charge in [-0.05, 0) is 121 Å². The van der Waals surface area contributed by atoms with Crippen molar-refractivity contribution in [3.05, 3.63) is 119 Å². The molecule has 0 aliphatic heterocycles. The summed E-state index contributed by atoms with van der Waals surface area (Å²) in [4.78, 5) is 38.0. The predicted octanol–water partition coefficient (Wildman–Crippen LogP) is 6.28. The molecule has 0 radical (unpaired) electrons. The SMILES string of the molecule is Cc1cc(Nc2cc(S(=O)(=O)O)cc3ccc(O)cc23)ccc1C(=O)NC(=O)NC(=O)c1ccc(Nc2cc(S(=O)(=O)O)cc3ccc(O)cc23)cc1C. The Morgan fingerprint density at radius 2 is 0.907 bits per heavy atom. The number of amides is 4. The van der Waals surface area contributed by atoms with Crippen molar-refractivity contribution in [2.24, 2.45) is 0 Å². The third-order valence-corrected chi connectivity index (χ3v) is 10.0. The van der Waals surface area contributed by atoms with Gasteiger partial charge in [0.05, 0.1) is 9.79 Å². The van der Waals surface area contributed by atoms with Crippen LogP contribution in [0.25, 0.3) is 21.5 Å². The second-order valence-electron chi connectivity index (χ2n) is 12.2. The van der Waals surface area contributed by atoms with E-state index in [9.17, 15) is 50.5 Å². The van der Waals surface area contributed by atoms with Gasteiger partial charge >= 0.3 is 6.03 Å². The van der Waals surface area contributed by atoms with Crippen LogP contribution in [0.3, 0.4) is 0 Å². The molecular weight excluding hydrogens is 741 g/mol. The van der Waals surface area contributed by atoms with Gasteiger partial charge in [-0.1, -0.05) is 12.1 Å². The quantitative estimate of drug-likeness (QED) is 0.0795. The first-order valence-corrected chi connectivity index (χ1v) is 18.6. The summed E-state index contributed by atoms with van der Waals surface area (Å²) in [6.45, 7) is 3.18. The zero-order valence-corrected chi connectivity index (χ0v) is 29.8. The minimum absolute atomic E-state index is 0.0760. The molecule has 0 aliphatic rings. The highest BCUT2D eigenvalue weighted by Gasteiger charge is 2.20. The van der Waals surface area contributed by atoms with E-state index < -0.39 is 38.1 Å². The highest BCUT2D eigenvalue weighted by molar-refractivity contribution is 7.86. The van der Waals surface area contributed by atoms with Crippen LogP contribution in [0.2, 0.25) is 0 Å². The summed E-state index contributed by atoms with van der Waals surface area (Å²) in [5, 5.41) is 32.0. The van der Waals surface area contributed by atoms with E-state index in [1.165, 1.54) is 84.9 Å². The molecule has 0 heterocycles. The Labute approximate surface area is 307 Å². The van der Waals surface area contributed by atoms with Gasteiger partial charge in [-0.3, -0.25) is 29.3 Å². The molecule has 4 amide bonds. The topological polar surface area (TPSA) is 249 Å². The summed E-state index contributed by atoms with van der Waals surface area (Å²) in [5.74, 6) is -1.80. The average molecular weight is 771 g/mol. The number of anilines is 4. The second kappa shape index (κ2) is 14.1. The molecule has 276 valence electrons. The molecule has 0 unspecified atom stereocenters. The number of hydrogen-bond donors (Lipinski definition) is 8. The zero-order valence-electron chi connectivity index (χ0n) is 28.2. The van der Waals surface area contributed by atoms with Crippen LogP contribution in [0.1, 0.15) is 31.8 Å². The van der Waals surface area contributed by atoms with Crippen LogP contribution >= 0.6 is 0 Å². The van der Waals surface area contributed by atoms with Gasteiger partial charge in [0.1, 0.15) is 11.5 Å². The lowest BCUT2D eigenvalue weighted by atomic mass is 10.1. The summed E-state index contributed by atoms with van der Waals surface area (Å²) in [7, 11) is -9.13. The summed E-state index contributed by atoms with van der Waals surface area (Å²) < 4.78 is 66.8. The van der Waals surface area contributed by atoms with Crippen molar-refractivity contribution in [3.8, 4) is 11.5 Å². The first-order chi connectivity index (χ1) is 25.3. The van der Waals surface area contributed by atoms with E-state index in [4.69, 9.17) is 0 Å². The van der Waals surface area contributed by atoms with E-state index in [0.717, 1.165) is 0 Å². The number of rotatable bonds is 8. The predicted molar refractivity (Wildman–Crippen MR) is 200 cm³/mol. The molecule has 54 heavy (non-hydrogen) atoms. The Bertz CT molecular complexity index is 2600. The van der Waals surface area contributed by atoms with E-state index in [1.807, 2.05) is 0 Å². The fraction of sp³-hybridized carbons (Fsp3) is 0.0541. The van der Waals surface area contributed by atoms with Crippen LogP contribution in [-0.4, -0.2) is 54.0 Å². The number of aromatic hydroxyl groups is 2. The van der Waals surface area contributed by atoms with Gasteiger partial charge in [0.25, 0.3) is 32.1 Å². The average Bonchev–Trinajstić information content (AvgIpc) is 3.07. The standard InChI is InChI=1S/C37H30N4O11S2/c1-19-11-23(38-33-17-27(53(47,48)49)13-21-3-7-25(42)15-31(21)33)5-9-29(19)35(44)40-37(46)41-36(45)30-10-6-24(12-20(30)2)39-34-18-28(54(50,51)52)14-22-4-8-26(43)16-32(22)34/h3-18,38-39,42-43H,1-2H3,(H,47,48,49)(H,50,51,52)(H2,40,41,44,45,46). The highest BCUT2D eigenvalue weighted by atomic mass is 32.2. The molecular formula is C37H30N4O11S2. The van der Waals surface area contributed by atoms with Crippen molar-refractivity contribution in [1.82, 2.24) is 10.6 Å². The van der Waals surface area contributed by atoms with Gasteiger partial charge in [0, 0.05) is 44.6 Å². The lowest BCUT2D eigenvalue weighted by Gasteiger charge is -2.15. The maximum atomic E-state index is 13.0. The molecule has 8 N–H and O–H groups in total. The number of phenols is 2.